The molecule has 0 spiro atoms. The Morgan fingerprint density at radius 2 is 1.76 bits per heavy atom. The third-order valence-corrected chi connectivity index (χ3v) is 3.55. The summed E-state index contributed by atoms with van der Waals surface area (Å²) >= 11 is 0. The van der Waals surface area contributed by atoms with Gasteiger partial charge in [-0.2, -0.15) is 0 Å². The zero-order valence-corrected chi connectivity index (χ0v) is 14.4. The van der Waals surface area contributed by atoms with Crippen LogP contribution in [0.3, 0.4) is 0 Å². The largest absolute Gasteiger partial charge is 0.380 e. The van der Waals surface area contributed by atoms with Gasteiger partial charge in [-0.05, 0) is 24.6 Å². The van der Waals surface area contributed by atoms with E-state index in [0.29, 0.717) is 12.3 Å². The van der Waals surface area contributed by atoms with Crippen molar-refractivity contribution >= 4 is 23.6 Å². The smallest absolute Gasteiger partial charge is 0.246 e. The maximum Gasteiger partial charge on any atom is 0.246 e. The number of hydrogen-bond donors (Lipinski definition) is 2. The summed E-state index contributed by atoms with van der Waals surface area (Å²) in [6.07, 6.45) is 3.12. The topological polar surface area (TPSA) is 67.4 Å². The number of nitrogens with one attached hydrogen (secondary N) is 2. The Hall–Kier alpha value is -2.92. The second kappa shape index (κ2) is 9.39. The van der Waals surface area contributed by atoms with E-state index in [-0.39, 0.29) is 11.8 Å². The SMILES string of the molecule is COCc1ccccc1NC(=O)C(C)NC(=O)/C=C/c1ccccc1. The summed E-state index contributed by atoms with van der Waals surface area (Å²) in [5, 5.41) is 5.47. The van der Waals surface area contributed by atoms with Crippen molar-refractivity contribution in [1.82, 2.24) is 5.32 Å². The number of para-hydroxylation sites is 1. The number of carbonyl (C=O) groups is 2. The number of ether oxygens (including phenoxy) is 1. The van der Waals surface area contributed by atoms with Crippen LogP contribution in [0.5, 0.6) is 0 Å². The maximum absolute atomic E-state index is 12.3. The van der Waals surface area contributed by atoms with E-state index in [4.69, 9.17) is 4.74 Å². The van der Waals surface area contributed by atoms with Crippen LogP contribution in [0.25, 0.3) is 6.08 Å². The van der Waals surface area contributed by atoms with Crippen molar-refractivity contribution < 1.29 is 14.3 Å². The summed E-state index contributed by atoms with van der Waals surface area (Å²) in [5.41, 5.74) is 2.47. The molecular weight excluding hydrogens is 316 g/mol. The normalized spacial score (nSPS) is 11.9. The molecule has 25 heavy (non-hydrogen) atoms. The molecule has 2 amide bonds. The fraction of sp³-hybridized carbons (Fsp3) is 0.200. The van der Waals surface area contributed by atoms with Crippen LogP contribution in [0.2, 0.25) is 0 Å². The molecule has 0 aliphatic carbocycles. The average molecular weight is 338 g/mol. The van der Waals surface area contributed by atoms with Gasteiger partial charge in [0.1, 0.15) is 6.04 Å². The Morgan fingerprint density at radius 1 is 1.08 bits per heavy atom. The minimum Gasteiger partial charge on any atom is -0.380 e. The molecule has 0 heterocycles. The van der Waals surface area contributed by atoms with E-state index in [2.05, 4.69) is 10.6 Å². The van der Waals surface area contributed by atoms with Crippen molar-refractivity contribution in [3.05, 3.63) is 71.8 Å². The first-order chi connectivity index (χ1) is 12.1. The lowest BCUT2D eigenvalue weighted by Gasteiger charge is -2.15. The summed E-state index contributed by atoms with van der Waals surface area (Å²) in [6, 6.07) is 16.2. The van der Waals surface area contributed by atoms with Gasteiger partial charge in [0.2, 0.25) is 11.8 Å². The van der Waals surface area contributed by atoms with E-state index in [0.717, 1.165) is 11.1 Å². The van der Waals surface area contributed by atoms with Crippen LogP contribution in [-0.2, 0) is 20.9 Å². The van der Waals surface area contributed by atoms with E-state index >= 15 is 0 Å². The van der Waals surface area contributed by atoms with Crippen LogP contribution >= 0.6 is 0 Å². The van der Waals surface area contributed by atoms with Gasteiger partial charge in [0.15, 0.2) is 0 Å². The molecule has 2 aromatic rings. The summed E-state index contributed by atoms with van der Waals surface area (Å²) in [7, 11) is 1.60. The van der Waals surface area contributed by atoms with Crippen LogP contribution in [0.1, 0.15) is 18.1 Å². The summed E-state index contributed by atoms with van der Waals surface area (Å²) in [5.74, 6) is -0.610. The highest BCUT2D eigenvalue weighted by Crippen LogP contribution is 2.16. The highest BCUT2D eigenvalue weighted by Gasteiger charge is 2.15. The predicted octanol–water partition coefficient (Wildman–Crippen LogP) is 2.99. The van der Waals surface area contributed by atoms with Crippen LogP contribution in [0.15, 0.2) is 60.7 Å². The first kappa shape index (κ1) is 18.4. The molecule has 0 aromatic heterocycles. The third-order valence-electron chi connectivity index (χ3n) is 3.55. The van der Waals surface area contributed by atoms with Crippen molar-refractivity contribution in [2.75, 3.05) is 12.4 Å². The lowest BCUT2D eigenvalue weighted by atomic mass is 10.1. The van der Waals surface area contributed by atoms with Gasteiger partial charge >= 0.3 is 0 Å². The lowest BCUT2D eigenvalue weighted by Crippen LogP contribution is -2.41. The van der Waals surface area contributed by atoms with Gasteiger partial charge in [0.05, 0.1) is 6.61 Å². The van der Waals surface area contributed by atoms with Crippen molar-refractivity contribution in [2.24, 2.45) is 0 Å². The molecule has 0 bridgehead atoms. The Balaban J connectivity index is 1.92. The molecule has 2 rings (SSSR count). The Bertz CT molecular complexity index is 742. The van der Waals surface area contributed by atoms with Gasteiger partial charge < -0.3 is 15.4 Å². The number of amides is 2. The molecule has 0 aliphatic heterocycles. The average Bonchev–Trinajstić information content (AvgIpc) is 2.62. The zero-order valence-electron chi connectivity index (χ0n) is 14.4. The third kappa shape index (κ3) is 5.90. The van der Waals surface area contributed by atoms with Crippen LogP contribution in [0.4, 0.5) is 5.69 Å². The zero-order chi connectivity index (χ0) is 18.1. The van der Waals surface area contributed by atoms with Crippen molar-refractivity contribution in [3.8, 4) is 0 Å². The number of benzene rings is 2. The molecular formula is C20H22N2O3. The number of carbonyl (C=O) groups excluding carboxylic acids is 2. The minimum absolute atomic E-state index is 0.287. The molecule has 0 saturated heterocycles. The van der Waals surface area contributed by atoms with Gasteiger partial charge in [-0.1, -0.05) is 48.5 Å². The fourth-order valence-electron chi connectivity index (χ4n) is 2.23. The van der Waals surface area contributed by atoms with Crippen LogP contribution in [-0.4, -0.2) is 25.0 Å². The first-order valence-electron chi connectivity index (χ1n) is 8.01. The number of hydrogen-bond acceptors (Lipinski definition) is 3. The predicted molar refractivity (Wildman–Crippen MR) is 98.9 cm³/mol. The molecule has 0 saturated carbocycles. The molecule has 130 valence electrons. The quantitative estimate of drug-likeness (QED) is 0.763. The first-order valence-corrected chi connectivity index (χ1v) is 8.01. The van der Waals surface area contributed by atoms with E-state index in [1.165, 1.54) is 6.08 Å². The maximum atomic E-state index is 12.3. The molecule has 0 radical (unpaired) electrons. The van der Waals surface area contributed by atoms with Crippen molar-refractivity contribution in [2.45, 2.75) is 19.6 Å². The number of methoxy groups -OCH3 is 1. The van der Waals surface area contributed by atoms with Gasteiger partial charge in [-0.25, -0.2) is 0 Å². The lowest BCUT2D eigenvalue weighted by molar-refractivity contribution is -0.123. The second-order valence-electron chi connectivity index (χ2n) is 5.55. The standard InChI is InChI=1S/C20H22N2O3/c1-15(21-19(23)13-12-16-8-4-3-5-9-16)20(24)22-18-11-7-6-10-17(18)14-25-2/h3-13,15H,14H2,1-2H3,(H,21,23)(H,22,24)/b13-12+. The fourth-order valence-corrected chi connectivity index (χ4v) is 2.23. The van der Waals surface area contributed by atoms with Gasteiger partial charge in [0, 0.05) is 24.4 Å². The van der Waals surface area contributed by atoms with Gasteiger partial charge in [-0.15, -0.1) is 0 Å². The molecule has 2 aromatic carbocycles. The molecule has 1 unspecified atom stereocenters. The Kier molecular flexibility index (Phi) is 6.92. The second-order valence-corrected chi connectivity index (χ2v) is 5.55. The minimum atomic E-state index is -0.663. The van der Waals surface area contributed by atoms with E-state index in [1.807, 2.05) is 48.5 Å². The molecule has 0 fully saturated rings. The summed E-state index contributed by atoms with van der Waals surface area (Å²) < 4.78 is 5.12. The number of anilines is 1. The Morgan fingerprint density at radius 3 is 2.48 bits per heavy atom. The number of rotatable bonds is 7. The highest BCUT2D eigenvalue weighted by atomic mass is 16.5. The van der Waals surface area contributed by atoms with Crippen molar-refractivity contribution in [1.29, 1.82) is 0 Å². The molecule has 2 N–H and O–H groups in total. The van der Waals surface area contributed by atoms with Gasteiger partial charge in [-0.3, -0.25) is 9.59 Å². The monoisotopic (exact) mass is 338 g/mol. The van der Waals surface area contributed by atoms with Gasteiger partial charge in [0.25, 0.3) is 0 Å². The van der Waals surface area contributed by atoms with Crippen LogP contribution < -0.4 is 10.6 Å². The van der Waals surface area contributed by atoms with Crippen LogP contribution in [0, 0.1) is 0 Å². The molecule has 0 aliphatic rings. The van der Waals surface area contributed by atoms with E-state index < -0.39 is 6.04 Å². The van der Waals surface area contributed by atoms with E-state index in [1.54, 1.807) is 26.2 Å². The van der Waals surface area contributed by atoms with E-state index in [9.17, 15) is 9.59 Å². The molecule has 5 heteroatoms. The highest BCUT2D eigenvalue weighted by molar-refractivity contribution is 6.00. The summed E-state index contributed by atoms with van der Waals surface area (Å²) in [4.78, 5) is 24.2. The van der Waals surface area contributed by atoms with Crippen molar-refractivity contribution in [3.63, 3.8) is 0 Å². The molecule has 1 atom stereocenters. The summed E-state index contributed by atoms with van der Waals surface area (Å²) in [6.45, 7) is 2.04. The molecule has 5 nitrogen and oxygen atoms in total. The Labute approximate surface area is 147 Å².